The molecule has 2 aromatic carbocycles. The van der Waals surface area contributed by atoms with Gasteiger partial charge >= 0.3 is 0 Å². The molecular weight excluding hydrogens is 250 g/mol. The highest BCUT2D eigenvalue weighted by atomic mass is 16.1. The standard InChI is InChI=1S/C16H19N3O/c1-18-16(20)13-7-8-14(17)15(11-13)19-10-9-12-5-3-2-4-6-12/h2-8,11,19H,9-10,17H2,1H3,(H,18,20). The summed E-state index contributed by atoms with van der Waals surface area (Å²) in [6.07, 6.45) is 0.907. The first kappa shape index (κ1) is 13.9. The smallest absolute Gasteiger partial charge is 0.251 e. The molecule has 2 aromatic rings. The summed E-state index contributed by atoms with van der Waals surface area (Å²) in [5, 5.41) is 5.88. The Balaban J connectivity index is 2.00. The lowest BCUT2D eigenvalue weighted by molar-refractivity contribution is 0.0963. The van der Waals surface area contributed by atoms with E-state index in [4.69, 9.17) is 5.73 Å². The van der Waals surface area contributed by atoms with Crippen LogP contribution in [0.25, 0.3) is 0 Å². The van der Waals surface area contributed by atoms with E-state index in [-0.39, 0.29) is 5.91 Å². The number of hydrogen-bond acceptors (Lipinski definition) is 3. The lowest BCUT2D eigenvalue weighted by atomic mass is 10.1. The zero-order valence-corrected chi connectivity index (χ0v) is 11.5. The summed E-state index contributed by atoms with van der Waals surface area (Å²) in [4.78, 5) is 11.6. The summed E-state index contributed by atoms with van der Waals surface area (Å²) in [7, 11) is 1.61. The number of carbonyl (C=O) groups is 1. The molecule has 0 unspecified atom stereocenters. The van der Waals surface area contributed by atoms with Crippen LogP contribution < -0.4 is 16.4 Å². The highest BCUT2D eigenvalue weighted by Gasteiger charge is 2.06. The van der Waals surface area contributed by atoms with Gasteiger partial charge in [0.15, 0.2) is 0 Å². The minimum Gasteiger partial charge on any atom is -0.397 e. The third-order valence-electron chi connectivity index (χ3n) is 3.11. The van der Waals surface area contributed by atoms with Gasteiger partial charge in [-0.15, -0.1) is 0 Å². The molecule has 4 nitrogen and oxygen atoms in total. The fourth-order valence-electron chi connectivity index (χ4n) is 1.98. The maximum atomic E-state index is 11.6. The molecule has 4 heteroatoms. The second-order valence-corrected chi connectivity index (χ2v) is 4.54. The zero-order valence-electron chi connectivity index (χ0n) is 11.5. The van der Waals surface area contributed by atoms with Crippen molar-refractivity contribution in [2.24, 2.45) is 0 Å². The third-order valence-corrected chi connectivity index (χ3v) is 3.11. The molecule has 0 aliphatic rings. The minimum atomic E-state index is -0.115. The van der Waals surface area contributed by atoms with Crippen LogP contribution in [-0.2, 0) is 6.42 Å². The van der Waals surface area contributed by atoms with E-state index in [1.54, 1.807) is 25.2 Å². The van der Waals surface area contributed by atoms with E-state index in [2.05, 4.69) is 22.8 Å². The van der Waals surface area contributed by atoms with Gasteiger partial charge in [0.1, 0.15) is 0 Å². The Morgan fingerprint density at radius 3 is 2.60 bits per heavy atom. The number of nitrogens with two attached hydrogens (primary N) is 1. The van der Waals surface area contributed by atoms with Crippen LogP contribution in [0.2, 0.25) is 0 Å². The van der Waals surface area contributed by atoms with Crippen molar-refractivity contribution in [3.8, 4) is 0 Å². The van der Waals surface area contributed by atoms with E-state index in [9.17, 15) is 4.79 Å². The molecule has 0 bridgehead atoms. The van der Waals surface area contributed by atoms with Gasteiger partial charge < -0.3 is 16.4 Å². The van der Waals surface area contributed by atoms with Gasteiger partial charge in [0, 0.05) is 19.2 Å². The number of hydrogen-bond donors (Lipinski definition) is 3. The Morgan fingerprint density at radius 2 is 1.90 bits per heavy atom. The molecule has 104 valence electrons. The van der Waals surface area contributed by atoms with Crippen LogP contribution in [-0.4, -0.2) is 19.5 Å². The number of rotatable bonds is 5. The molecule has 20 heavy (non-hydrogen) atoms. The molecule has 0 atom stereocenters. The van der Waals surface area contributed by atoms with Crippen molar-refractivity contribution < 1.29 is 4.79 Å². The molecule has 0 saturated carbocycles. The molecule has 2 rings (SSSR count). The van der Waals surface area contributed by atoms with Gasteiger partial charge in [0.2, 0.25) is 0 Å². The van der Waals surface area contributed by atoms with Crippen LogP contribution >= 0.6 is 0 Å². The number of nitrogen functional groups attached to an aromatic ring is 1. The number of nitrogens with one attached hydrogen (secondary N) is 2. The molecule has 0 aromatic heterocycles. The van der Waals surface area contributed by atoms with Gasteiger partial charge in [-0.05, 0) is 30.2 Å². The van der Waals surface area contributed by atoms with Crippen LogP contribution in [0.3, 0.4) is 0 Å². The minimum absolute atomic E-state index is 0.115. The van der Waals surface area contributed by atoms with Crippen LogP contribution in [0.4, 0.5) is 11.4 Å². The molecule has 0 spiro atoms. The molecule has 4 N–H and O–H groups in total. The largest absolute Gasteiger partial charge is 0.397 e. The van der Waals surface area contributed by atoms with Crippen LogP contribution in [0.15, 0.2) is 48.5 Å². The molecular formula is C16H19N3O. The van der Waals surface area contributed by atoms with Crippen LogP contribution in [0.1, 0.15) is 15.9 Å². The second kappa shape index (κ2) is 6.61. The number of carbonyl (C=O) groups excluding carboxylic acids is 1. The van der Waals surface area contributed by atoms with E-state index in [0.717, 1.165) is 18.7 Å². The summed E-state index contributed by atoms with van der Waals surface area (Å²) in [5.41, 5.74) is 9.22. The topological polar surface area (TPSA) is 67.2 Å². The molecule has 0 heterocycles. The molecule has 0 aliphatic carbocycles. The van der Waals surface area contributed by atoms with Crippen molar-refractivity contribution in [2.45, 2.75) is 6.42 Å². The van der Waals surface area contributed by atoms with Crippen LogP contribution in [0.5, 0.6) is 0 Å². The highest BCUT2D eigenvalue weighted by molar-refractivity contribution is 5.96. The average Bonchev–Trinajstić information content (AvgIpc) is 2.49. The Labute approximate surface area is 119 Å². The fraction of sp³-hybridized carbons (Fsp3) is 0.188. The van der Waals surface area contributed by atoms with E-state index >= 15 is 0 Å². The predicted molar refractivity (Wildman–Crippen MR) is 82.9 cm³/mol. The van der Waals surface area contributed by atoms with Gasteiger partial charge in [0.05, 0.1) is 11.4 Å². The summed E-state index contributed by atoms with van der Waals surface area (Å²) >= 11 is 0. The van der Waals surface area contributed by atoms with Crippen molar-refractivity contribution in [1.29, 1.82) is 0 Å². The van der Waals surface area contributed by atoms with Gasteiger partial charge in [-0.3, -0.25) is 4.79 Å². The monoisotopic (exact) mass is 269 g/mol. The first-order chi connectivity index (χ1) is 9.70. The van der Waals surface area contributed by atoms with E-state index in [0.29, 0.717) is 11.3 Å². The van der Waals surface area contributed by atoms with Crippen molar-refractivity contribution in [1.82, 2.24) is 5.32 Å². The van der Waals surface area contributed by atoms with Gasteiger partial charge in [-0.25, -0.2) is 0 Å². The summed E-state index contributed by atoms with van der Waals surface area (Å²) in [5.74, 6) is -0.115. The Morgan fingerprint density at radius 1 is 1.15 bits per heavy atom. The van der Waals surface area contributed by atoms with Gasteiger partial charge in [-0.1, -0.05) is 30.3 Å². The molecule has 1 amide bonds. The molecule has 0 aliphatic heterocycles. The number of amides is 1. The Bertz CT molecular complexity index is 582. The maximum Gasteiger partial charge on any atom is 0.251 e. The number of benzene rings is 2. The van der Waals surface area contributed by atoms with Crippen molar-refractivity contribution in [3.05, 3.63) is 59.7 Å². The lowest BCUT2D eigenvalue weighted by Crippen LogP contribution is -2.18. The summed E-state index contributed by atoms with van der Waals surface area (Å²) < 4.78 is 0. The second-order valence-electron chi connectivity index (χ2n) is 4.54. The highest BCUT2D eigenvalue weighted by Crippen LogP contribution is 2.20. The van der Waals surface area contributed by atoms with Crippen molar-refractivity contribution in [3.63, 3.8) is 0 Å². The van der Waals surface area contributed by atoms with Crippen LogP contribution in [0, 0.1) is 0 Å². The average molecular weight is 269 g/mol. The first-order valence-corrected chi connectivity index (χ1v) is 6.60. The predicted octanol–water partition coefficient (Wildman–Crippen LogP) is 2.28. The maximum absolute atomic E-state index is 11.6. The summed E-state index contributed by atoms with van der Waals surface area (Å²) in [6, 6.07) is 15.5. The Hall–Kier alpha value is -2.49. The molecule has 0 fully saturated rings. The first-order valence-electron chi connectivity index (χ1n) is 6.60. The third kappa shape index (κ3) is 3.51. The molecule has 0 radical (unpaired) electrons. The van der Waals surface area contributed by atoms with Crippen molar-refractivity contribution in [2.75, 3.05) is 24.6 Å². The summed E-state index contributed by atoms with van der Waals surface area (Å²) in [6.45, 7) is 0.769. The van der Waals surface area contributed by atoms with Crippen molar-refractivity contribution >= 4 is 17.3 Å². The zero-order chi connectivity index (χ0) is 14.4. The van der Waals surface area contributed by atoms with E-state index < -0.39 is 0 Å². The van der Waals surface area contributed by atoms with Gasteiger partial charge in [0.25, 0.3) is 5.91 Å². The SMILES string of the molecule is CNC(=O)c1ccc(N)c(NCCc2ccccc2)c1. The van der Waals surface area contributed by atoms with Gasteiger partial charge in [-0.2, -0.15) is 0 Å². The van der Waals surface area contributed by atoms with E-state index in [1.807, 2.05) is 18.2 Å². The normalized spacial score (nSPS) is 10.1. The Kier molecular flexibility index (Phi) is 4.60. The quantitative estimate of drug-likeness (QED) is 0.729. The lowest BCUT2D eigenvalue weighted by Gasteiger charge is -2.11. The number of anilines is 2. The fourth-order valence-corrected chi connectivity index (χ4v) is 1.98. The van der Waals surface area contributed by atoms with E-state index in [1.165, 1.54) is 5.56 Å². The molecule has 0 saturated heterocycles.